The molecule has 0 saturated carbocycles. The number of piperazine rings is 1. The Labute approximate surface area is 137 Å². The third-order valence-electron chi connectivity index (χ3n) is 5.01. The van der Waals surface area contributed by atoms with Crippen molar-refractivity contribution in [3.63, 3.8) is 0 Å². The summed E-state index contributed by atoms with van der Waals surface area (Å²) in [6.07, 6.45) is 2.30. The Morgan fingerprint density at radius 3 is 2.52 bits per heavy atom. The van der Waals surface area contributed by atoms with Crippen molar-refractivity contribution in [1.29, 1.82) is 0 Å². The number of rotatable bonds is 4. The molecule has 2 aliphatic rings. The molecule has 2 amide bonds. The maximum atomic E-state index is 12.5. The number of amides is 2. The number of fused-ring (bicyclic) bond motifs is 1. The molecular formula is C18H25N3O2. The van der Waals surface area contributed by atoms with Crippen LogP contribution in [0, 0.1) is 5.92 Å². The van der Waals surface area contributed by atoms with Gasteiger partial charge in [0.2, 0.25) is 11.8 Å². The van der Waals surface area contributed by atoms with Crippen LogP contribution in [0.4, 0.5) is 11.4 Å². The van der Waals surface area contributed by atoms with Gasteiger partial charge in [-0.3, -0.25) is 9.59 Å². The topological polar surface area (TPSA) is 52.7 Å². The van der Waals surface area contributed by atoms with Crippen LogP contribution >= 0.6 is 0 Å². The molecule has 2 heterocycles. The van der Waals surface area contributed by atoms with E-state index in [4.69, 9.17) is 0 Å². The zero-order valence-corrected chi connectivity index (χ0v) is 14.0. The van der Waals surface area contributed by atoms with E-state index in [9.17, 15) is 9.59 Å². The van der Waals surface area contributed by atoms with Crippen LogP contribution in [0.5, 0.6) is 0 Å². The van der Waals surface area contributed by atoms with Gasteiger partial charge in [-0.1, -0.05) is 13.8 Å². The molecule has 0 atom stereocenters. The van der Waals surface area contributed by atoms with E-state index in [1.807, 2.05) is 11.0 Å². The Kier molecular flexibility index (Phi) is 4.55. The summed E-state index contributed by atoms with van der Waals surface area (Å²) < 4.78 is 0. The molecule has 0 spiro atoms. The van der Waals surface area contributed by atoms with Crippen LogP contribution in [0.1, 0.15) is 32.3 Å². The number of anilines is 2. The highest BCUT2D eigenvalue weighted by atomic mass is 16.2. The van der Waals surface area contributed by atoms with Gasteiger partial charge in [-0.25, -0.2) is 0 Å². The molecule has 1 saturated heterocycles. The van der Waals surface area contributed by atoms with Crippen LogP contribution in [0.3, 0.4) is 0 Å². The van der Waals surface area contributed by atoms with Crippen molar-refractivity contribution in [3.8, 4) is 0 Å². The van der Waals surface area contributed by atoms with Crippen molar-refractivity contribution in [2.45, 2.75) is 33.1 Å². The third kappa shape index (κ3) is 3.19. The maximum Gasteiger partial charge on any atom is 0.228 e. The molecule has 23 heavy (non-hydrogen) atoms. The summed E-state index contributed by atoms with van der Waals surface area (Å²) >= 11 is 0. The first-order valence-electron chi connectivity index (χ1n) is 8.58. The highest BCUT2D eigenvalue weighted by Crippen LogP contribution is 2.28. The number of hydrogen-bond donors (Lipinski definition) is 1. The van der Waals surface area contributed by atoms with E-state index in [0.29, 0.717) is 12.3 Å². The standard InChI is InChI=1S/C18H25N3O2/c1-3-13(4-2)18(23)21-9-7-20(8-10-21)15-5-6-16-14(11-15)12-17(22)19-16/h5-6,11,13H,3-4,7-10,12H2,1-2H3,(H,19,22). The normalized spacial score (nSPS) is 17.4. The molecule has 0 radical (unpaired) electrons. The molecule has 0 unspecified atom stereocenters. The Hall–Kier alpha value is -2.04. The van der Waals surface area contributed by atoms with E-state index in [0.717, 1.165) is 56.0 Å². The summed E-state index contributed by atoms with van der Waals surface area (Å²) in [4.78, 5) is 28.2. The van der Waals surface area contributed by atoms with Crippen LogP contribution in [0.15, 0.2) is 18.2 Å². The largest absolute Gasteiger partial charge is 0.368 e. The second-order valence-corrected chi connectivity index (χ2v) is 6.39. The number of nitrogens with zero attached hydrogens (tertiary/aromatic N) is 2. The maximum absolute atomic E-state index is 12.5. The predicted octanol–water partition coefficient (Wildman–Crippen LogP) is 2.27. The molecule has 1 aromatic carbocycles. The van der Waals surface area contributed by atoms with Crippen molar-refractivity contribution in [1.82, 2.24) is 4.90 Å². The first-order chi connectivity index (χ1) is 11.1. The molecule has 0 bridgehead atoms. The molecule has 0 aromatic heterocycles. The van der Waals surface area contributed by atoms with Crippen LogP contribution in [0.25, 0.3) is 0 Å². The van der Waals surface area contributed by atoms with Gasteiger partial charge < -0.3 is 15.1 Å². The highest BCUT2D eigenvalue weighted by molar-refractivity contribution is 5.99. The van der Waals surface area contributed by atoms with Crippen LogP contribution in [-0.4, -0.2) is 42.9 Å². The summed E-state index contributed by atoms with van der Waals surface area (Å²) in [5.41, 5.74) is 3.15. The summed E-state index contributed by atoms with van der Waals surface area (Å²) in [5, 5.41) is 2.86. The van der Waals surface area contributed by atoms with Gasteiger partial charge >= 0.3 is 0 Å². The van der Waals surface area contributed by atoms with Crippen molar-refractivity contribution in [3.05, 3.63) is 23.8 Å². The van der Waals surface area contributed by atoms with Gasteiger partial charge in [0.25, 0.3) is 0 Å². The molecule has 0 aliphatic carbocycles. The molecule has 2 aliphatic heterocycles. The van der Waals surface area contributed by atoms with Gasteiger partial charge in [0.05, 0.1) is 6.42 Å². The summed E-state index contributed by atoms with van der Waals surface area (Å²) in [6.45, 7) is 7.44. The molecule has 1 aromatic rings. The van der Waals surface area contributed by atoms with Crippen molar-refractivity contribution >= 4 is 23.2 Å². The lowest BCUT2D eigenvalue weighted by molar-refractivity contribution is -0.136. The van der Waals surface area contributed by atoms with Crippen LogP contribution < -0.4 is 10.2 Å². The Balaban J connectivity index is 1.62. The van der Waals surface area contributed by atoms with Crippen molar-refractivity contribution < 1.29 is 9.59 Å². The van der Waals surface area contributed by atoms with Crippen molar-refractivity contribution in [2.75, 3.05) is 36.4 Å². The fourth-order valence-corrected chi connectivity index (χ4v) is 3.49. The molecule has 1 N–H and O–H groups in total. The number of benzene rings is 1. The monoisotopic (exact) mass is 315 g/mol. The average molecular weight is 315 g/mol. The van der Waals surface area contributed by atoms with Gasteiger partial charge in [-0.05, 0) is 36.6 Å². The molecule has 124 valence electrons. The number of carbonyl (C=O) groups is 2. The number of carbonyl (C=O) groups excluding carboxylic acids is 2. The number of nitrogens with one attached hydrogen (secondary N) is 1. The van der Waals surface area contributed by atoms with E-state index >= 15 is 0 Å². The Morgan fingerprint density at radius 1 is 1.17 bits per heavy atom. The minimum absolute atomic E-state index is 0.0674. The second-order valence-electron chi connectivity index (χ2n) is 6.39. The minimum atomic E-state index is 0.0674. The Morgan fingerprint density at radius 2 is 1.87 bits per heavy atom. The van der Waals surface area contributed by atoms with Crippen LogP contribution in [0.2, 0.25) is 0 Å². The van der Waals surface area contributed by atoms with E-state index in [1.54, 1.807) is 0 Å². The number of hydrogen-bond acceptors (Lipinski definition) is 3. The highest BCUT2D eigenvalue weighted by Gasteiger charge is 2.26. The lowest BCUT2D eigenvalue weighted by atomic mass is 10.0. The first kappa shape index (κ1) is 15.8. The van der Waals surface area contributed by atoms with Gasteiger partial charge in [-0.2, -0.15) is 0 Å². The van der Waals surface area contributed by atoms with Crippen molar-refractivity contribution in [2.24, 2.45) is 5.92 Å². The predicted molar refractivity (Wildman–Crippen MR) is 91.6 cm³/mol. The van der Waals surface area contributed by atoms with E-state index in [1.165, 1.54) is 0 Å². The van der Waals surface area contributed by atoms with Gasteiger partial charge in [0, 0.05) is 43.5 Å². The zero-order valence-electron chi connectivity index (χ0n) is 14.0. The Bertz CT molecular complexity index is 602. The molecule has 3 rings (SSSR count). The van der Waals surface area contributed by atoms with Crippen LogP contribution in [-0.2, 0) is 16.0 Å². The molecule has 1 fully saturated rings. The summed E-state index contributed by atoms with van der Waals surface area (Å²) in [5.74, 6) is 0.537. The molecule has 5 heteroatoms. The lowest BCUT2D eigenvalue weighted by Crippen LogP contribution is -2.50. The summed E-state index contributed by atoms with van der Waals surface area (Å²) in [6, 6.07) is 6.14. The zero-order chi connectivity index (χ0) is 16.4. The first-order valence-corrected chi connectivity index (χ1v) is 8.58. The quantitative estimate of drug-likeness (QED) is 0.927. The third-order valence-corrected chi connectivity index (χ3v) is 5.01. The summed E-state index contributed by atoms with van der Waals surface area (Å²) in [7, 11) is 0. The minimum Gasteiger partial charge on any atom is -0.368 e. The van der Waals surface area contributed by atoms with Gasteiger partial charge in [0.15, 0.2) is 0 Å². The fraction of sp³-hybridized carbons (Fsp3) is 0.556. The molecule has 5 nitrogen and oxygen atoms in total. The SMILES string of the molecule is CCC(CC)C(=O)N1CCN(c2ccc3c(c2)CC(=O)N3)CC1. The van der Waals surface area contributed by atoms with E-state index in [2.05, 4.69) is 36.2 Å². The van der Waals surface area contributed by atoms with Gasteiger partial charge in [-0.15, -0.1) is 0 Å². The average Bonchev–Trinajstić information content (AvgIpc) is 2.95. The molecular weight excluding hydrogens is 290 g/mol. The van der Waals surface area contributed by atoms with E-state index in [-0.39, 0.29) is 11.8 Å². The fourth-order valence-electron chi connectivity index (χ4n) is 3.49. The second kappa shape index (κ2) is 6.60. The van der Waals surface area contributed by atoms with Gasteiger partial charge in [0.1, 0.15) is 0 Å². The smallest absolute Gasteiger partial charge is 0.228 e. The van der Waals surface area contributed by atoms with E-state index < -0.39 is 0 Å². The lowest BCUT2D eigenvalue weighted by Gasteiger charge is -2.37.